The maximum Gasteiger partial charge on any atom is 0.338 e. The highest BCUT2D eigenvalue weighted by atomic mass is 16.5. The van der Waals surface area contributed by atoms with Crippen LogP contribution in [0.5, 0.6) is 0 Å². The number of nitrogens with one attached hydrogen (secondary N) is 1. The van der Waals surface area contributed by atoms with Gasteiger partial charge in [0.1, 0.15) is 0 Å². The van der Waals surface area contributed by atoms with Crippen LogP contribution in [-0.2, 0) is 20.8 Å². The highest BCUT2D eigenvalue weighted by Gasteiger charge is 2.37. The van der Waals surface area contributed by atoms with Gasteiger partial charge in [0, 0.05) is 5.70 Å². The lowest BCUT2D eigenvalue weighted by Crippen LogP contribution is -2.47. The van der Waals surface area contributed by atoms with E-state index in [0.29, 0.717) is 16.8 Å². The van der Waals surface area contributed by atoms with E-state index in [0.717, 1.165) is 0 Å². The minimum atomic E-state index is -1.05. The summed E-state index contributed by atoms with van der Waals surface area (Å²) in [7, 11) is 2.48. The van der Waals surface area contributed by atoms with Crippen LogP contribution in [0.1, 0.15) is 44.8 Å². The van der Waals surface area contributed by atoms with E-state index < -0.39 is 30.0 Å². The number of allylic oxidation sites excluding steroid dienone is 1. The molecule has 1 unspecified atom stereocenters. The van der Waals surface area contributed by atoms with E-state index in [9.17, 15) is 19.2 Å². The molecule has 1 aliphatic heterocycles. The number of urea groups is 1. The second-order valence-corrected chi connectivity index (χ2v) is 7.04. The number of rotatable bonds is 6. The molecule has 1 aliphatic rings. The van der Waals surface area contributed by atoms with Crippen molar-refractivity contribution in [3.8, 4) is 0 Å². The van der Waals surface area contributed by atoms with Gasteiger partial charge in [0.25, 0.3) is 0 Å². The molecule has 9 nitrogen and oxygen atoms in total. The highest BCUT2D eigenvalue weighted by Crippen LogP contribution is 2.34. The van der Waals surface area contributed by atoms with Gasteiger partial charge in [0.2, 0.25) is 0 Å². The molecule has 0 aliphatic carbocycles. The fourth-order valence-electron chi connectivity index (χ4n) is 3.56. The van der Waals surface area contributed by atoms with Crippen LogP contribution < -0.4 is 5.32 Å². The summed E-state index contributed by atoms with van der Waals surface area (Å²) >= 11 is 0. The standard InChI is InChI=1S/C23H22N2O7/c1-13-18(22(29)32-3)19(16-6-4-5-7-17(16)21(28)31-2)24-23(30)25(13)12-14-8-10-15(11-9-14)20(26)27/h4-11,19H,12H2,1-3H3,(H,24,30)(H,26,27). The molecule has 2 aromatic rings. The molecule has 2 N–H and O–H groups in total. The van der Waals surface area contributed by atoms with Gasteiger partial charge < -0.3 is 19.9 Å². The van der Waals surface area contributed by atoms with Crippen LogP contribution in [0.4, 0.5) is 4.79 Å². The number of hydrogen-bond donors (Lipinski definition) is 2. The summed E-state index contributed by atoms with van der Waals surface area (Å²) in [6.07, 6.45) is 0. The Balaban J connectivity index is 2.04. The molecule has 9 heteroatoms. The largest absolute Gasteiger partial charge is 0.478 e. The summed E-state index contributed by atoms with van der Waals surface area (Å²) in [6.45, 7) is 1.72. The Labute approximate surface area is 184 Å². The van der Waals surface area contributed by atoms with Crippen molar-refractivity contribution in [2.24, 2.45) is 0 Å². The fraction of sp³-hybridized carbons (Fsp3) is 0.217. The highest BCUT2D eigenvalue weighted by molar-refractivity contribution is 5.97. The molecule has 0 fully saturated rings. The number of esters is 2. The number of benzene rings is 2. The number of carboxylic acid groups (broad SMARTS) is 1. The summed E-state index contributed by atoms with van der Waals surface area (Å²) < 4.78 is 9.79. The van der Waals surface area contributed by atoms with Gasteiger partial charge in [-0.3, -0.25) is 4.90 Å². The molecular formula is C23H22N2O7. The Morgan fingerprint density at radius 3 is 2.22 bits per heavy atom. The fourth-order valence-corrected chi connectivity index (χ4v) is 3.56. The van der Waals surface area contributed by atoms with Gasteiger partial charge in [-0.25, -0.2) is 19.2 Å². The maximum atomic E-state index is 13.0. The molecule has 32 heavy (non-hydrogen) atoms. The van der Waals surface area contributed by atoms with Gasteiger partial charge in [-0.2, -0.15) is 0 Å². The van der Waals surface area contributed by atoms with Gasteiger partial charge in [-0.15, -0.1) is 0 Å². The van der Waals surface area contributed by atoms with Crippen molar-refractivity contribution in [1.29, 1.82) is 0 Å². The Morgan fingerprint density at radius 1 is 1.00 bits per heavy atom. The first kappa shape index (κ1) is 22.5. The zero-order valence-corrected chi connectivity index (χ0v) is 17.7. The number of carbonyl (C=O) groups is 4. The first-order valence-electron chi connectivity index (χ1n) is 9.65. The van der Waals surface area contributed by atoms with Crippen molar-refractivity contribution in [1.82, 2.24) is 10.2 Å². The third-order valence-corrected chi connectivity index (χ3v) is 5.22. The number of methoxy groups -OCH3 is 2. The summed E-state index contributed by atoms with van der Waals surface area (Å²) in [5, 5.41) is 11.8. The predicted molar refractivity (Wildman–Crippen MR) is 113 cm³/mol. The number of aromatic carboxylic acids is 1. The molecule has 3 rings (SSSR count). The monoisotopic (exact) mass is 438 g/mol. The Hall–Kier alpha value is -4.14. The Morgan fingerprint density at radius 2 is 1.62 bits per heavy atom. The second kappa shape index (κ2) is 9.34. The number of nitrogens with zero attached hydrogens (tertiary/aromatic N) is 1. The number of ether oxygens (including phenoxy) is 2. The van der Waals surface area contributed by atoms with Crippen LogP contribution in [0.3, 0.4) is 0 Å². The van der Waals surface area contributed by atoms with Gasteiger partial charge in [0.05, 0.1) is 43.5 Å². The molecule has 0 saturated heterocycles. The normalized spacial score (nSPS) is 15.8. The molecule has 0 saturated carbocycles. The number of carbonyl (C=O) groups excluding carboxylic acids is 3. The van der Waals surface area contributed by atoms with Crippen LogP contribution in [0.25, 0.3) is 0 Å². The van der Waals surface area contributed by atoms with Crippen molar-refractivity contribution >= 4 is 23.9 Å². The van der Waals surface area contributed by atoms with E-state index in [1.807, 2.05) is 0 Å². The molecule has 0 bridgehead atoms. The summed E-state index contributed by atoms with van der Waals surface area (Å²) in [4.78, 5) is 50.4. The van der Waals surface area contributed by atoms with E-state index >= 15 is 0 Å². The number of amides is 2. The molecule has 2 aromatic carbocycles. The molecule has 2 amide bonds. The SMILES string of the molecule is COC(=O)C1=C(C)N(Cc2ccc(C(=O)O)cc2)C(=O)NC1c1ccccc1C(=O)OC. The lowest BCUT2D eigenvalue weighted by Gasteiger charge is -2.35. The number of hydrogen-bond acceptors (Lipinski definition) is 6. The topological polar surface area (TPSA) is 122 Å². The third kappa shape index (κ3) is 4.31. The van der Waals surface area contributed by atoms with Crippen molar-refractivity contribution in [3.63, 3.8) is 0 Å². The van der Waals surface area contributed by atoms with E-state index in [-0.39, 0.29) is 23.2 Å². The molecule has 166 valence electrons. The lowest BCUT2D eigenvalue weighted by molar-refractivity contribution is -0.136. The van der Waals surface area contributed by atoms with Crippen LogP contribution in [0, 0.1) is 0 Å². The molecular weight excluding hydrogens is 416 g/mol. The van der Waals surface area contributed by atoms with Gasteiger partial charge in [-0.05, 0) is 36.2 Å². The zero-order chi connectivity index (χ0) is 23.4. The maximum absolute atomic E-state index is 13.0. The first-order chi connectivity index (χ1) is 15.3. The predicted octanol–water partition coefficient (Wildman–Crippen LogP) is 2.88. The first-order valence-corrected chi connectivity index (χ1v) is 9.65. The van der Waals surface area contributed by atoms with E-state index in [1.165, 1.54) is 31.3 Å². The zero-order valence-electron chi connectivity index (χ0n) is 17.7. The van der Waals surface area contributed by atoms with Crippen molar-refractivity contribution in [2.45, 2.75) is 19.5 Å². The van der Waals surface area contributed by atoms with Gasteiger partial charge in [-0.1, -0.05) is 30.3 Å². The van der Waals surface area contributed by atoms with Crippen molar-refractivity contribution in [2.75, 3.05) is 14.2 Å². The summed E-state index contributed by atoms with van der Waals surface area (Å²) in [5.74, 6) is -2.31. The van der Waals surface area contributed by atoms with Crippen LogP contribution >= 0.6 is 0 Å². The smallest absolute Gasteiger partial charge is 0.338 e. The van der Waals surface area contributed by atoms with Crippen LogP contribution in [0.2, 0.25) is 0 Å². The van der Waals surface area contributed by atoms with E-state index in [1.54, 1.807) is 43.3 Å². The molecule has 0 aromatic heterocycles. The minimum absolute atomic E-state index is 0.101. The van der Waals surface area contributed by atoms with E-state index in [2.05, 4.69) is 5.32 Å². The third-order valence-electron chi connectivity index (χ3n) is 5.22. The molecule has 1 heterocycles. The minimum Gasteiger partial charge on any atom is -0.478 e. The summed E-state index contributed by atoms with van der Waals surface area (Å²) in [5.41, 5.74) is 1.93. The van der Waals surface area contributed by atoms with Gasteiger partial charge >= 0.3 is 23.9 Å². The molecule has 0 spiro atoms. The Kier molecular flexibility index (Phi) is 6.58. The second-order valence-electron chi connectivity index (χ2n) is 7.04. The van der Waals surface area contributed by atoms with E-state index in [4.69, 9.17) is 14.6 Å². The molecule has 0 radical (unpaired) electrons. The Bertz CT molecular complexity index is 1110. The summed E-state index contributed by atoms with van der Waals surface area (Å²) in [6, 6.07) is 11.2. The lowest BCUT2D eigenvalue weighted by atomic mass is 9.91. The van der Waals surface area contributed by atoms with Gasteiger partial charge in [0.15, 0.2) is 0 Å². The number of carboxylic acids is 1. The van der Waals surface area contributed by atoms with Crippen LogP contribution in [-0.4, -0.2) is 48.2 Å². The molecule has 1 atom stereocenters. The quantitative estimate of drug-likeness (QED) is 0.665. The van der Waals surface area contributed by atoms with Crippen molar-refractivity contribution < 1.29 is 33.8 Å². The van der Waals surface area contributed by atoms with Crippen LogP contribution in [0.15, 0.2) is 59.8 Å². The average Bonchev–Trinajstić information content (AvgIpc) is 2.80. The van der Waals surface area contributed by atoms with Crippen molar-refractivity contribution in [3.05, 3.63) is 82.1 Å². The average molecular weight is 438 g/mol.